The van der Waals surface area contributed by atoms with Gasteiger partial charge in [-0.15, -0.1) is 21.5 Å². The number of pyridine rings is 1. The Morgan fingerprint density at radius 2 is 2.15 bits per heavy atom. The van der Waals surface area contributed by atoms with Gasteiger partial charge >= 0.3 is 0 Å². The second kappa shape index (κ2) is 8.96. The summed E-state index contributed by atoms with van der Waals surface area (Å²) >= 11 is 1.54. The van der Waals surface area contributed by atoms with E-state index in [1.54, 1.807) is 18.3 Å². The van der Waals surface area contributed by atoms with E-state index in [-0.39, 0.29) is 0 Å². The molecule has 144 valence electrons. The average Bonchev–Trinajstić information content (AvgIpc) is 3.34. The lowest BCUT2D eigenvalue weighted by molar-refractivity contribution is 0.0711. The zero-order chi connectivity index (χ0) is 19.1. The van der Waals surface area contributed by atoms with Crippen molar-refractivity contribution in [3.63, 3.8) is 0 Å². The number of aryl methyl sites for hydroxylation is 1. The van der Waals surface area contributed by atoms with Crippen molar-refractivity contribution in [3.8, 4) is 0 Å². The maximum absolute atomic E-state index is 10.6. The zero-order valence-electron chi connectivity index (χ0n) is 15.7. The van der Waals surface area contributed by atoms with Crippen LogP contribution in [0, 0.1) is 0 Å². The number of fused-ring (bicyclic) bond motifs is 1. The van der Waals surface area contributed by atoms with E-state index in [0.717, 1.165) is 42.3 Å². The molecule has 0 radical (unpaired) electrons. The fourth-order valence-electron chi connectivity index (χ4n) is 2.75. The highest BCUT2D eigenvalue weighted by Crippen LogP contribution is 2.25. The van der Waals surface area contributed by atoms with E-state index in [9.17, 15) is 5.11 Å². The van der Waals surface area contributed by atoms with Crippen molar-refractivity contribution >= 4 is 22.9 Å². The van der Waals surface area contributed by atoms with Crippen molar-refractivity contribution < 1.29 is 5.11 Å². The summed E-state index contributed by atoms with van der Waals surface area (Å²) in [4.78, 5) is 5.46. The van der Waals surface area contributed by atoms with Crippen LogP contribution in [0.3, 0.4) is 0 Å². The van der Waals surface area contributed by atoms with Crippen LogP contribution in [0.2, 0.25) is 0 Å². The normalized spacial score (nSPS) is 14.3. The third-order valence-corrected chi connectivity index (χ3v) is 5.32. The molecule has 3 rings (SSSR count). The second-order valence-corrected chi connectivity index (χ2v) is 7.47. The molecule has 1 unspecified atom stereocenters. The van der Waals surface area contributed by atoms with Gasteiger partial charge in [0.1, 0.15) is 11.4 Å². The molecular weight excluding hydrogens is 360 g/mol. The van der Waals surface area contributed by atoms with Gasteiger partial charge in [0.2, 0.25) is 0 Å². The molecule has 0 aliphatic heterocycles. The number of aromatic nitrogens is 3. The van der Waals surface area contributed by atoms with Crippen LogP contribution in [-0.4, -0.2) is 45.3 Å². The van der Waals surface area contributed by atoms with Crippen molar-refractivity contribution in [1.82, 2.24) is 25.2 Å². The van der Waals surface area contributed by atoms with Crippen LogP contribution in [0.25, 0.3) is 5.65 Å². The van der Waals surface area contributed by atoms with E-state index in [0.29, 0.717) is 12.5 Å². The molecule has 3 aromatic heterocycles. The van der Waals surface area contributed by atoms with Crippen molar-refractivity contribution in [2.24, 2.45) is 4.99 Å². The van der Waals surface area contributed by atoms with Crippen LogP contribution < -0.4 is 10.6 Å². The number of aliphatic imine (C=N–C) groups is 1. The number of nitrogens with zero attached hydrogens (tertiary/aromatic N) is 4. The molecular formula is C19H26N6OS. The Morgan fingerprint density at radius 1 is 1.26 bits per heavy atom. The van der Waals surface area contributed by atoms with Gasteiger partial charge < -0.3 is 15.7 Å². The summed E-state index contributed by atoms with van der Waals surface area (Å²) in [5.41, 5.74) is -0.0945. The molecule has 0 aliphatic carbocycles. The van der Waals surface area contributed by atoms with E-state index in [4.69, 9.17) is 0 Å². The molecule has 3 heterocycles. The molecule has 27 heavy (non-hydrogen) atoms. The summed E-state index contributed by atoms with van der Waals surface area (Å²) in [6.07, 6.45) is 3.71. The Morgan fingerprint density at radius 3 is 2.93 bits per heavy atom. The molecule has 7 nitrogen and oxygen atoms in total. The van der Waals surface area contributed by atoms with E-state index < -0.39 is 5.60 Å². The fraction of sp³-hybridized carbons (Fsp3) is 0.421. The Kier molecular flexibility index (Phi) is 6.41. The van der Waals surface area contributed by atoms with E-state index >= 15 is 0 Å². The molecule has 3 N–H and O–H groups in total. The van der Waals surface area contributed by atoms with Crippen molar-refractivity contribution in [2.45, 2.75) is 32.3 Å². The van der Waals surface area contributed by atoms with Gasteiger partial charge in [0.05, 0.1) is 6.54 Å². The predicted octanol–water partition coefficient (Wildman–Crippen LogP) is 2.19. The molecule has 0 saturated carbocycles. The standard InChI is InChI=1S/C19H26N6OS/c1-3-20-18(22-14-19(2,26)15-8-7-13-27-15)21-11-6-10-17-24-23-16-9-4-5-12-25(16)17/h4-5,7-9,12-13,26H,3,6,10-11,14H2,1-2H3,(H2,20,21,22). The van der Waals surface area contributed by atoms with Crippen molar-refractivity contribution in [2.75, 3.05) is 19.6 Å². The van der Waals surface area contributed by atoms with E-state index in [2.05, 4.69) is 25.8 Å². The molecule has 0 aliphatic rings. The second-order valence-electron chi connectivity index (χ2n) is 6.52. The Hall–Kier alpha value is -2.45. The SMILES string of the molecule is CCNC(=NCC(C)(O)c1cccs1)NCCCc1nnc2ccccn12. The highest BCUT2D eigenvalue weighted by atomic mass is 32.1. The van der Waals surface area contributed by atoms with Crippen molar-refractivity contribution in [1.29, 1.82) is 0 Å². The van der Waals surface area contributed by atoms with Crippen LogP contribution >= 0.6 is 11.3 Å². The molecule has 0 aromatic carbocycles. The van der Waals surface area contributed by atoms with Gasteiger partial charge in [-0.1, -0.05) is 12.1 Å². The lowest BCUT2D eigenvalue weighted by Crippen LogP contribution is -2.39. The number of rotatable bonds is 8. The van der Waals surface area contributed by atoms with Crippen LogP contribution in [0.1, 0.15) is 31.0 Å². The Bertz CT molecular complexity index is 871. The van der Waals surface area contributed by atoms with E-state index in [1.165, 1.54) is 0 Å². The first-order chi connectivity index (χ1) is 13.1. The van der Waals surface area contributed by atoms with E-state index in [1.807, 2.05) is 53.2 Å². The minimum atomic E-state index is -0.961. The van der Waals surface area contributed by atoms with Gasteiger partial charge in [-0.25, -0.2) is 4.99 Å². The number of thiophene rings is 1. The number of aliphatic hydroxyl groups is 1. The molecule has 0 amide bonds. The first-order valence-electron chi connectivity index (χ1n) is 9.17. The predicted molar refractivity (Wildman–Crippen MR) is 109 cm³/mol. The topological polar surface area (TPSA) is 86.8 Å². The molecule has 8 heteroatoms. The molecule has 0 spiro atoms. The van der Waals surface area contributed by atoms with Gasteiger partial charge in [0.25, 0.3) is 0 Å². The maximum Gasteiger partial charge on any atom is 0.191 e. The van der Waals surface area contributed by atoms with Gasteiger partial charge in [0.15, 0.2) is 11.6 Å². The summed E-state index contributed by atoms with van der Waals surface area (Å²) in [7, 11) is 0. The average molecular weight is 387 g/mol. The third kappa shape index (κ3) is 5.05. The summed E-state index contributed by atoms with van der Waals surface area (Å²) < 4.78 is 2.01. The lowest BCUT2D eigenvalue weighted by Gasteiger charge is -2.20. The van der Waals surface area contributed by atoms with Crippen molar-refractivity contribution in [3.05, 3.63) is 52.6 Å². The summed E-state index contributed by atoms with van der Waals surface area (Å²) in [5, 5.41) is 27.6. The summed E-state index contributed by atoms with van der Waals surface area (Å²) in [6, 6.07) is 9.76. The first-order valence-corrected chi connectivity index (χ1v) is 10.1. The number of nitrogens with one attached hydrogen (secondary N) is 2. The molecule has 3 aromatic rings. The summed E-state index contributed by atoms with van der Waals surface area (Å²) in [6.45, 7) is 5.65. The largest absolute Gasteiger partial charge is 0.383 e. The van der Waals surface area contributed by atoms with Gasteiger partial charge in [0, 0.05) is 30.6 Å². The number of guanidine groups is 1. The molecule has 0 fully saturated rings. The minimum Gasteiger partial charge on any atom is -0.383 e. The van der Waals surface area contributed by atoms with Gasteiger partial charge in [-0.05, 0) is 43.8 Å². The Balaban J connectivity index is 1.52. The van der Waals surface area contributed by atoms with Gasteiger partial charge in [-0.2, -0.15) is 0 Å². The molecule has 0 bridgehead atoms. The van der Waals surface area contributed by atoms with Crippen LogP contribution in [0.4, 0.5) is 0 Å². The minimum absolute atomic E-state index is 0.303. The summed E-state index contributed by atoms with van der Waals surface area (Å²) in [5.74, 6) is 1.66. The zero-order valence-corrected chi connectivity index (χ0v) is 16.5. The fourth-order valence-corrected chi connectivity index (χ4v) is 3.53. The quantitative estimate of drug-likeness (QED) is 0.314. The van der Waals surface area contributed by atoms with Crippen LogP contribution in [-0.2, 0) is 12.0 Å². The lowest BCUT2D eigenvalue weighted by atomic mass is 10.1. The third-order valence-electron chi connectivity index (χ3n) is 4.20. The Labute approximate surface area is 163 Å². The van der Waals surface area contributed by atoms with Crippen LogP contribution in [0.5, 0.6) is 0 Å². The number of hydrogen-bond acceptors (Lipinski definition) is 5. The first kappa shape index (κ1) is 19.3. The van der Waals surface area contributed by atoms with Crippen LogP contribution in [0.15, 0.2) is 46.9 Å². The maximum atomic E-state index is 10.6. The number of hydrogen-bond donors (Lipinski definition) is 3. The monoisotopic (exact) mass is 386 g/mol. The highest BCUT2D eigenvalue weighted by molar-refractivity contribution is 7.10. The molecule has 0 saturated heterocycles. The smallest absolute Gasteiger partial charge is 0.191 e. The molecule has 1 atom stereocenters. The van der Waals surface area contributed by atoms with Gasteiger partial charge in [-0.3, -0.25) is 4.40 Å². The highest BCUT2D eigenvalue weighted by Gasteiger charge is 2.23.